The van der Waals surface area contributed by atoms with Gasteiger partial charge in [-0.15, -0.1) is 0 Å². The molecule has 6 heavy (non-hydrogen) atoms. The summed E-state index contributed by atoms with van der Waals surface area (Å²) in [4.78, 5) is 19.7. The highest BCUT2D eigenvalue weighted by Crippen LogP contribution is 2.04. The van der Waals surface area contributed by atoms with E-state index in [-0.39, 0.29) is 18.0 Å². The van der Waals surface area contributed by atoms with Gasteiger partial charge >= 0.3 is 0 Å². The maximum absolute atomic E-state index is 9.83. The van der Waals surface area contributed by atoms with Gasteiger partial charge in [0.05, 0.1) is 12.8 Å². The summed E-state index contributed by atoms with van der Waals surface area (Å²) in [7, 11) is 0. The number of carbonyl (C=O) groups is 2. The zero-order chi connectivity index (χ0) is 4.57. The average Bonchev–Trinajstić information content (AvgIpc) is 1.33. The Morgan fingerprint density at radius 3 is 1.67 bits per heavy atom. The molecule has 1 saturated carbocycles. The molecule has 0 heterocycles. The molecule has 31 valence electrons. The fourth-order valence-corrected chi connectivity index (χ4v) is 0.322. The van der Waals surface area contributed by atoms with Gasteiger partial charge in [0.1, 0.15) is 0 Å². The van der Waals surface area contributed by atoms with Crippen LogP contribution in [0.15, 0.2) is 0 Å². The Balaban J connectivity index is 2.47. The number of hydrogen-bond donors (Lipinski definition) is 0. The Labute approximate surface area is 35.2 Å². The molecule has 0 bridgehead atoms. The summed E-state index contributed by atoms with van der Waals surface area (Å²) < 4.78 is 0. The monoisotopic (exact) mass is 83.0 g/mol. The summed E-state index contributed by atoms with van der Waals surface area (Å²) in [5.41, 5.74) is 0. The lowest BCUT2D eigenvalue weighted by Crippen LogP contribution is -2.23. The van der Waals surface area contributed by atoms with Gasteiger partial charge in [-0.25, -0.2) is 0 Å². The largest absolute Gasteiger partial charge is 0.298 e. The second-order valence-corrected chi connectivity index (χ2v) is 1.25. The lowest BCUT2D eigenvalue weighted by atomic mass is 9.97. The quantitative estimate of drug-likeness (QED) is 0.378. The van der Waals surface area contributed by atoms with Gasteiger partial charge in [-0.3, -0.25) is 9.59 Å². The lowest BCUT2D eigenvalue weighted by Gasteiger charge is -2.03. The molecule has 0 aromatic carbocycles. The summed E-state index contributed by atoms with van der Waals surface area (Å²) in [6.45, 7) is 0. The van der Waals surface area contributed by atoms with Crippen LogP contribution in [0.2, 0.25) is 0 Å². The molecule has 1 radical (unpaired) electrons. The van der Waals surface area contributed by atoms with Gasteiger partial charge in [0.15, 0.2) is 11.6 Å². The molecule has 0 N–H and O–H groups in total. The third-order valence-corrected chi connectivity index (χ3v) is 0.670. The van der Waals surface area contributed by atoms with Crippen molar-refractivity contribution in [3.05, 3.63) is 6.42 Å². The molecule has 0 aromatic heterocycles. The normalized spacial score (nSPS) is 20.7. The number of rotatable bonds is 0. The van der Waals surface area contributed by atoms with Crippen LogP contribution >= 0.6 is 0 Å². The molecule has 0 amide bonds. The van der Waals surface area contributed by atoms with Crippen molar-refractivity contribution >= 4 is 11.6 Å². The Hall–Kier alpha value is -0.660. The van der Waals surface area contributed by atoms with E-state index >= 15 is 0 Å². The van der Waals surface area contributed by atoms with Crippen molar-refractivity contribution in [1.29, 1.82) is 0 Å². The first kappa shape index (κ1) is 3.53. The van der Waals surface area contributed by atoms with E-state index in [1.165, 1.54) is 0 Å². The molecule has 1 fully saturated rings. The highest BCUT2D eigenvalue weighted by atomic mass is 16.2. The SMILES string of the molecule is O=C1[CH]C(=O)C1. The van der Waals surface area contributed by atoms with Gasteiger partial charge in [-0.05, 0) is 0 Å². The van der Waals surface area contributed by atoms with E-state index in [9.17, 15) is 9.59 Å². The molecule has 1 aliphatic rings. The Kier molecular flexibility index (Phi) is 0.528. The van der Waals surface area contributed by atoms with E-state index < -0.39 is 0 Å². The van der Waals surface area contributed by atoms with Gasteiger partial charge in [0, 0.05) is 0 Å². The second-order valence-electron chi connectivity index (χ2n) is 1.25. The minimum absolute atomic E-state index is 0.0417. The summed E-state index contributed by atoms with van der Waals surface area (Å²) in [6, 6.07) is 0. The standard InChI is InChI=1S/C4H3O2/c5-3-1-4(6)2-3/h1H,2H2. The summed E-state index contributed by atoms with van der Waals surface area (Å²) in [5.74, 6) is -0.0833. The molecule has 0 aromatic rings. The highest BCUT2D eigenvalue weighted by molar-refractivity contribution is 6.28. The van der Waals surface area contributed by atoms with Gasteiger partial charge in [-0.2, -0.15) is 0 Å². The number of ketones is 2. The van der Waals surface area contributed by atoms with Crippen molar-refractivity contribution < 1.29 is 9.59 Å². The number of hydrogen-bond acceptors (Lipinski definition) is 2. The van der Waals surface area contributed by atoms with E-state index in [2.05, 4.69) is 0 Å². The van der Waals surface area contributed by atoms with Gasteiger partial charge in [0.25, 0.3) is 0 Å². The molecular formula is C4H3O2. The summed E-state index contributed by atoms with van der Waals surface area (Å²) >= 11 is 0. The molecule has 0 aliphatic heterocycles. The molecule has 1 aliphatic carbocycles. The maximum atomic E-state index is 9.83. The third-order valence-electron chi connectivity index (χ3n) is 0.670. The molecule has 0 unspecified atom stereocenters. The van der Waals surface area contributed by atoms with Crippen LogP contribution in [0.5, 0.6) is 0 Å². The maximum Gasteiger partial charge on any atom is 0.151 e. The van der Waals surface area contributed by atoms with E-state index in [0.717, 1.165) is 6.42 Å². The topological polar surface area (TPSA) is 34.1 Å². The van der Waals surface area contributed by atoms with Crippen molar-refractivity contribution in [2.45, 2.75) is 6.42 Å². The van der Waals surface area contributed by atoms with Gasteiger partial charge in [0.2, 0.25) is 0 Å². The van der Waals surface area contributed by atoms with Crippen molar-refractivity contribution in [2.24, 2.45) is 0 Å². The fraction of sp³-hybridized carbons (Fsp3) is 0.250. The minimum atomic E-state index is -0.0417. The van der Waals surface area contributed by atoms with Crippen LogP contribution in [0.25, 0.3) is 0 Å². The zero-order valence-corrected chi connectivity index (χ0v) is 3.10. The van der Waals surface area contributed by atoms with E-state index in [0.29, 0.717) is 0 Å². The minimum Gasteiger partial charge on any atom is -0.298 e. The van der Waals surface area contributed by atoms with Crippen LogP contribution in [0.3, 0.4) is 0 Å². The Bertz CT molecular complexity index is 82.1. The first-order valence-corrected chi connectivity index (χ1v) is 1.69. The van der Waals surface area contributed by atoms with Crippen LogP contribution in [0, 0.1) is 6.42 Å². The predicted molar refractivity (Wildman–Crippen MR) is 18.9 cm³/mol. The van der Waals surface area contributed by atoms with Crippen LogP contribution < -0.4 is 0 Å². The van der Waals surface area contributed by atoms with Gasteiger partial charge < -0.3 is 0 Å². The van der Waals surface area contributed by atoms with Crippen LogP contribution in [-0.4, -0.2) is 11.6 Å². The molecule has 0 atom stereocenters. The number of carbonyl (C=O) groups excluding carboxylic acids is 2. The summed E-state index contributed by atoms with van der Waals surface area (Å²) in [5, 5.41) is 0. The van der Waals surface area contributed by atoms with Crippen molar-refractivity contribution in [3.63, 3.8) is 0 Å². The van der Waals surface area contributed by atoms with Gasteiger partial charge in [-0.1, -0.05) is 0 Å². The first-order chi connectivity index (χ1) is 2.79. The Morgan fingerprint density at radius 1 is 1.33 bits per heavy atom. The van der Waals surface area contributed by atoms with Crippen molar-refractivity contribution in [2.75, 3.05) is 0 Å². The van der Waals surface area contributed by atoms with E-state index in [4.69, 9.17) is 0 Å². The lowest BCUT2D eigenvalue weighted by molar-refractivity contribution is -0.131. The van der Waals surface area contributed by atoms with E-state index in [1.54, 1.807) is 0 Å². The first-order valence-electron chi connectivity index (χ1n) is 1.69. The molecule has 0 saturated heterocycles. The molecule has 0 spiro atoms. The summed E-state index contributed by atoms with van der Waals surface area (Å²) in [6.07, 6.45) is 1.25. The van der Waals surface area contributed by atoms with Crippen LogP contribution in [0.1, 0.15) is 6.42 Å². The van der Waals surface area contributed by atoms with E-state index in [1.807, 2.05) is 0 Å². The number of Topliss-reactive ketones (excluding diaryl/α,β-unsaturated/α-hetero) is 2. The van der Waals surface area contributed by atoms with Crippen molar-refractivity contribution in [1.82, 2.24) is 0 Å². The predicted octanol–water partition coefficient (Wildman–Crippen LogP) is -0.267. The zero-order valence-electron chi connectivity index (χ0n) is 3.10. The average molecular weight is 83.1 g/mol. The van der Waals surface area contributed by atoms with Crippen molar-refractivity contribution in [3.8, 4) is 0 Å². The van der Waals surface area contributed by atoms with Crippen LogP contribution in [-0.2, 0) is 9.59 Å². The molecule has 2 heteroatoms. The smallest absolute Gasteiger partial charge is 0.151 e. The molecule has 2 nitrogen and oxygen atoms in total. The molecular weight excluding hydrogens is 80.0 g/mol. The Morgan fingerprint density at radius 2 is 1.67 bits per heavy atom. The highest BCUT2D eigenvalue weighted by Gasteiger charge is 2.22. The fourth-order valence-electron chi connectivity index (χ4n) is 0.322. The second kappa shape index (κ2) is 0.899. The molecule has 1 rings (SSSR count). The third kappa shape index (κ3) is 0.339. The van der Waals surface area contributed by atoms with Crippen LogP contribution in [0.4, 0.5) is 0 Å².